The summed E-state index contributed by atoms with van der Waals surface area (Å²) in [4.78, 5) is 0. The minimum absolute atomic E-state index is 0.120. The fourth-order valence-electron chi connectivity index (χ4n) is 1.94. The summed E-state index contributed by atoms with van der Waals surface area (Å²) in [6.45, 7) is 3.91. The molecule has 0 saturated carbocycles. The molecule has 4 nitrogen and oxygen atoms in total. The molecule has 2 rings (SSSR count). The SMILES string of the molecule is Cc1nn(Cc2ccccc2)c(Cl)c1CNCCO. The summed E-state index contributed by atoms with van der Waals surface area (Å²) < 4.78 is 1.81. The Balaban J connectivity index is 2.12. The topological polar surface area (TPSA) is 50.1 Å². The Morgan fingerprint density at radius 2 is 2.05 bits per heavy atom. The molecule has 0 atom stereocenters. The lowest BCUT2D eigenvalue weighted by Gasteiger charge is -2.05. The summed E-state index contributed by atoms with van der Waals surface area (Å²) >= 11 is 6.36. The molecule has 0 unspecified atom stereocenters. The molecule has 0 bridgehead atoms. The summed E-state index contributed by atoms with van der Waals surface area (Å²) in [6.07, 6.45) is 0. The van der Waals surface area contributed by atoms with Crippen molar-refractivity contribution in [3.8, 4) is 0 Å². The van der Waals surface area contributed by atoms with Gasteiger partial charge in [-0.25, -0.2) is 4.68 Å². The summed E-state index contributed by atoms with van der Waals surface area (Å²) in [6, 6.07) is 10.1. The van der Waals surface area contributed by atoms with Crippen LogP contribution in [0.5, 0.6) is 0 Å². The molecule has 19 heavy (non-hydrogen) atoms. The molecule has 1 heterocycles. The van der Waals surface area contributed by atoms with Gasteiger partial charge in [0.05, 0.1) is 18.8 Å². The van der Waals surface area contributed by atoms with Crippen molar-refractivity contribution in [2.75, 3.05) is 13.2 Å². The molecule has 0 saturated heterocycles. The molecule has 1 aromatic carbocycles. The van der Waals surface area contributed by atoms with E-state index in [1.165, 1.54) is 5.56 Å². The highest BCUT2D eigenvalue weighted by Gasteiger charge is 2.12. The van der Waals surface area contributed by atoms with Crippen LogP contribution in [0, 0.1) is 6.92 Å². The van der Waals surface area contributed by atoms with Crippen molar-refractivity contribution in [1.29, 1.82) is 0 Å². The number of aromatic nitrogens is 2. The molecular formula is C14H18ClN3O. The van der Waals surface area contributed by atoms with Gasteiger partial charge in [-0.05, 0) is 12.5 Å². The van der Waals surface area contributed by atoms with Crippen LogP contribution in [0.4, 0.5) is 0 Å². The molecule has 0 aliphatic rings. The van der Waals surface area contributed by atoms with Gasteiger partial charge in [-0.2, -0.15) is 5.10 Å². The fraction of sp³-hybridized carbons (Fsp3) is 0.357. The number of aliphatic hydroxyl groups is 1. The van der Waals surface area contributed by atoms with E-state index in [0.717, 1.165) is 11.3 Å². The van der Waals surface area contributed by atoms with E-state index in [-0.39, 0.29) is 6.61 Å². The molecule has 5 heteroatoms. The third-order valence-corrected chi connectivity index (χ3v) is 3.37. The zero-order valence-corrected chi connectivity index (χ0v) is 11.7. The number of nitrogens with zero attached hydrogens (tertiary/aromatic N) is 2. The summed E-state index contributed by atoms with van der Waals surface area (Å²) in [5.41, 5.74) is 3.08. The van der Waals surface area contributed by atoms with Gasteiger partial charge in [0, 0.05) is 18.7 Å². The fourth-order valence-corrected chi connectivity index (χ4v) is 2.25. The first-order chi connectivity index (χ1) is 9.22. The maximum absolute atomic E-state index is 8.77. The Morgan fingerprint density at radius 3 is 2.74 bits per heavy atom. The van der Waals surface area contributed by atoms with Crippen molar-refractivity contribution in [3.63, 3.8) is 0 Å². The summed E-state index contributed by atoms with van der Waals surface area (Å²) in [7, 11) is 0. The number of rotatable bonds is 6. The van der Waals surface area contributed by atoms with Gasteiger partial charge in [-0.3, -0.25) is 0 Å². The monoisotopic (exact) mass is 279 g/mol. The molecule has 0 fully saturated rings. The molecule has 0 radical (unpaired) electrons. The van der Waals surface area contributed by atoms with Crippen molar-refractivity contribution in [1.82, 2.24) is 15.1 Å². The number of nitrogens with one attached hydrogen (secondary N) is 1. The predicted octanol–water partition coefficient (Wildman–Crippen LogP) is 1.98. The number of hydrogen-bond donors (Lipinski definition) is 2. The Bertz CT molecular complexity index is 525. The van der Waals surface area contributed by atoms with Crippen LogP contribution in [-0.4, -0.2) is 28.0 Å². The van der Waals surface area contributed by atoms with Crippen LogP contribution in [0.2, 0.25) is 5.15 Å². The minimum atomic E-state index is 0.120. The first-order valence-electron chi connectivity index (χ1n) is 6.29. The summed E-state index contributed by atoms with van der Waals surface area (Å²) in [5, 5.41) is 17.0. The van der Waals surface area contributed by atoms with Crippen LogP contribution in [0.3, 0.4) is 0 Å². The van der Waals surface area contributed by atoms with Crippen LogP contribution >= 0.6 is 11.6 Å². The van der Waals surface area contributed by atoms with Crippen LogP contribution in [0.25, 0.3) is 0 Å². The van der Waals surface area contributed by atoms with Gasteiger partial charge in [-0.1, -0.05) is 41.9 Å². The van der Waals surface area contributed by atoms with Gasteiger partial charge in [-0.15, -0.1) is 0 Å². The second-order valence-corrected chi connectivity index (χ2v) is 4.76. The molecule has 0 aliphatic heterocycles. The van der Waals surface area contributed by atoms with E-state index in [0.29, 0.717) is 24.8 Å². The molecule has 2 aromatic rings. The normalized spacial score (nSPS) is 10.9. The first-order valence-corrected chi connectivity index (χ1v) is 6.67. The third kappa shape index (κ3) is 3.56. The zero-order valence-electron chi connectivity index (χ0n) is 10.9. The molecule has 1 aromatic heterocycles. The smallest absolute Gasteiger partial charge is 0.132 e. The zero-order chi connectivity index (χ0) is 13.7. The Kier molecular flexibility index (Phi) is 4.96. The Hall–Kier alpha value is -1.36. The number of aliphatic hydroxyl groups excluding tert-OH is 1. The molecule has 102 valence electrons. The lowest BCUT2D eigenvalue weighted by molar-refractivity contribution is 0.292. The van der Waals surface area contributed by atoms with Crippen molar-refractivity contribution in [2.45, 2.75) is 20.0 Å². The highest BCUT2D eigenvalue weighted by atomic mass is 35.5. The van der Waals surface area contributed by atoms with E-state index in [9.17, 15) is 0 Å². The molecule has 0 spiro atoms. The van der Waals surface area contributed by atoms with Crippen LogP contribution in [0.15, 0.2) is 30.3 Å². The largest absolute Gasteiger partial charge is 0.395 e. The average molecular weight is 280 g/mol. The Labute approximate surface area is 118 Å². The summed E-state index contributed by atoms with van der Waals surface area (Å²) in [5.74, 6) is 0. The minimum Gasteiger partial charge on any atom is -0.395 e. The second-order valence-electron chi connectivity index (χ2n) is 4.40. The standard InChI is InChI=1S/C14H18ClN3O/c1-11-13(9-16-7-8-19)14(15)18(17-11)10-12-5-3-2-4-6-12/h2-6,16,19H,7-10H2,1H3. The molecule has 0 aliphatic carbocycles. The van der Waals surface area contributed by atoms with E-state index in [1.54, 1.807) is 0 Å². The molecule has 2 N–H and O–H groups in total. The van der Waals surface area contributed by atoms with Crippen LogP contribution in [0.1, 0.15) is 16.8 Å². The average Bonchev–Trinajstić information content (AvgIpc) is 2.68. The van der Waals surface area contributed by atoms with Crippen molar-refractivity contribution in [2.24, 2.45) is 0 Å². The molecular weight excluding hydrogens is 262 g/mol. The van der Waals surface area contributed by atoms with E-state index in [4.69, 9.17) is 16.7 Å². The highest BCUT2D eigenvalue weighted by Crippen LogP contribution is 2.20. The maximum Gasteiger partial charge on any atom is 0.132 e. The van der Waals surface area contributed by atoms with Crippen molar-refractivity contribution >= 4 is 11.6 Å². The lowest BCUT2D eigenvalue weighted by atomic mass is 10.2. The van der Waals surface area contributed by atoms with Crippen LogP contribution in [-0.2, 0) is 13.1 Å². The van der Waals surface area contributed by atoms with E-state index in [1.807, 2.05) is 29.8 Å². The maximum atomic E-state index is 8.77. The van der Waals surface area contributed by atoms with Gasteiger partial charge in [0.2, 0.25) is 0 Å². The second kappa shape index (κ2) is 6.70. The number of aryl methyl sites for hydroxylation is 1. The van der Waals surface area contributed by atoms with E-state index < -0.39 is 0 Å². The predicted molar refractivity (Wildman–Crippen MR) is 76.3 cm³/mol. The van der Waals surface area contributed by atoms with Crippen molar-refractivity contribution < 1.29 is 5.11 Å². The third-order valence-electron chi connectivity index (χ3n) is 2.95. The first kappa shape index (κ1) is 14.1. The van der Waals surface area contributed by atoms with Gasteiger partial charge in [0.1, 0.15) is 5.15 Å². The van der Waals surface area contributed by atoms with Gasteiger partial charge >= 0.3 is 0 Å². The van der Waals surface area contributed by atoms with Gasteiger partial charge < -0.3 is 10.4 Å². The Morgan fingerprint density at radius 1 is 1.32 bits per heavy atom. The van der Waals surface area contributed by atoms with Crippen molar-refractivity contribution in [3.05, 3.63) is 52.3 Å². The van der Waals surface area contributed by atoms with Crippen LogP contribution < -0.4 is 5.32 Å². The number of halogens is 1. The lowest BCUT2D eigenvalue weighted by Crippen LogP contribution is -2.17. The van der Waals surface area contributed by atoms with Gasteiger partial charge in [0.15, 0.2) is 0 Å². The molecule has 0 amide bonds. The van der Waals surface area contributed by atoms with E-state index >= 15 is 0 Å². The van der Waals surface area contributed by atoms with Gasteiger partial charge in [0.25, 0.3) is 0 Å². The number of benzene rings is 1. The highest BCUT2D eigenvalue weighted by molar-refractivity contribution is 6.30. The quantitative estimate of drug-likeness (QED) is 0.795. The van der Waals surface area contributed by atoms with E-state index in [2.05, 4.69) is 22.5 Å². The number of hydrogen-bond acceptors (Lipinski definition) is 3.